The van der Waals surface area contributed by atoms with Crippen LogP contribution in [0.25, 0.3) is 0 Å². The first-order chi connectivity index (χ1) is 12.4. The van der Waals surface area contributed by atoms with Crippen molar-refractivity contribution in [3.8, 4) is 11.5 Å². The maximum Gasteiger partial charge on any atom is 0.319 e. The number of halogens is 1. The van der Waals surface area contributed by atoms with E-state index in [4.69, 9.17) is 9.47 Å². The van der Waals surface area contributed by atoms with Crippen LogP contribution in [-0.4, -0.2) is 45.8 Å². The van der Waals surface area contributed by atoms with Crippen molar-refractivity contribution < 1.29 is 18.7 Å². The molecule has 2 rings (SSSR count). The number of anilines is 1. The van der Waals surface area contributed by atoms with Crippen LogP contribution >= 0.6 is 0 Å². The number of amides is 2. The van der Waals surface area contributed by atoms with Crippen molar-refractivity contribution in [2.75, 3.05) is 40.2 Å². The Kier molecular flexibility index (Phi) is 6.80. The Morgan fingerprint density at radius 2 is 1.92 bits per heavy atom. The molecule has 0 saturated heterocycles. The maximum atomic E-state index is 13.7. The smallest absolute Gasteiger partial charge is 0.319 e. The average molecular weight is 361 g/mol. The lowest BCUT2D eigenvalue weighted by Gasteiger charge is -2.25. The van der Waals surface area contributed by atoms with Gasteiger partial charge in [0, 0.05) is 18.3 Å². The van der Waals surface area contributed by atoms with E-state index in [0.717, 1.165) is 11.3 Å². The van der Waals surface area contributed by atoms with E-state index >= 15 is 0 Å². The minimum atomic E-state index is -0.534. The second-order valence-corrected chi connectivity index (χ2v) is 5.94. The van der Waals surface area contributed by atoms with Crippen LogP contribution in [-0.2, 0) is 0 Å². The highest BCUT2D eigenvalue weighted by atomic mass is 19.1. The van der Waals surface area contributed by atoms with E-state index in [1.807, 2.05) is 43.3 Å². The second kappa shape index (κ2) is 9.05. The molecule has 0 aliphatic heterocycles. The maximum absolute atomic E-state index is 13.7. The third-order valence-corrected chi connectivity index (χ3v) is 3.97. The minimum absolute atomic E-state index is 0.0385. The molecule has 0 radical (unpaired) electrons. The standard InChI is InChI=1S/C19H24FN3O3/c1-23(2)17(13-6-5-7-15(10-13)25-3)12-21-19(24)22-14-8-9-18(26-4)16(20)11-14/h5-11,17H,12H2,1-4H3,(H2,21,22,24). The number of carbonyl (C=O) groups excluding carboxylic acids is 1. The highest BCUT2D eigenvalue weighted by Crippen LogP contribution is 2.23. The van der Waals surface area contributed by atoms with Crippen LogP contribution in [0.3, 0.4) is 0 Å². The molecule has 0 fully saturated rings. The summed E-state index contributed by atoms with van der Waals surface area (Å²) in [6, 6.07) is 11.5. The number of nitrogens with one attached hydrogen (secondary N) is 2. The Bertz CT molecular complexity index is 753. The molecule has 0 aliphatic carbocycles. The minimum Gasteiger partial charge on any atom is -0.497 e. The number of hydrogen-bond acceptors (Lipinski definition) is 4. The summed E-state index contributed by atoms with van der Waals surface area (Å²) in [6.45, 7) is 0.380. The van der Waals surface area contributed by atoms with Gasteiger partial charge in [-0.05, 0) is 43.9 Å². The average Bonchev–Trinajstić information content (AvgIpc) is 2.62. The summed E-state index contributed by atoms with van der Waals surface area (Å²) in [5, 5.41) is 5.42. The molecule has 0 heterocycles. The quantitative estimate of drug-likeness (QED) is 0.795. The lowest BCUT2D eigenvalue weighted by atomic mass is 10.1. The summed E-state index contributed by atoms with van der Waals surface area (Å²) in [7, 11) is 6.87. The third-order valence-electron chi connectivity index (χ3n) is 3.97. The van der Waals surface area contributed by atoms with Crippen LogP contribution in [0, 0.1) is 5.82 Å². The van der Waals surface area contributed by atoms with Gasteiger partial charge in [0.1, 0.15) is 5.75 Å². The number of likely N-dealkylation sites (N-methyl/N-ethyl adjacent to an activating group) is 1. The predicted molar refractivity (Wildman–Crippen MR) is 99.4 cm³/mol. The molecule has 0 aliphatic rings. The van der Waals surface area contributed by atoms with E-state index in [2.05, 4.69) is 10.6 Å². The molecule has 1 unspecified atom stereocenters. The van der Waals surface area contributed by atoms with Gasteiger partial charge in [0.05, 0.1) is 20.3 Å². The van der Waals surface area contributed by atoms with Gasteiger partial charge in [-0.15, -0.1) is 0 Å². The number of hydrogen-bond donors (Lipinski definition) is 2. The zero-order valence-corrected chi connectivity index (χ0v) is 15.4. The number of benzene rings is 2. The lowest BCUT2D eigenvalue weighted by Crippen LogP contribution is -2.36. The molecule has 0 spiro atoms. The Morgan fingerprint density at radius 3 is 2.54 bits per heavy atom. The van der Waals surface area contributed by atoms with Gasteiger partial charge in [0.2, 0.25) is 0 Å². The Morgan fingerprint density at radius 1 is 1.15 bits per heavy atom. The summed E-state index contributed by atoms with van der Waals surface area (Å²) in [5.41, 5.74) is 1.37. The molecule has 0 saturated carbocycles. The van der Waals surface area contributed by atoms with Gasteiger partial charge in [-0.1, -0.05) is 12.1 Å². The molecule has 2 aromatic rings. The third kappa shape index (κ3) is 5.10. The van der Waals surface area contributed by atoms with E-state index in [0.29, 0.717) is 12.2 Å². The zero-order valence-electron chi connectivity index (χ0n) is 15.4. The Hall–Kier alpha value is -2.80. The van der Waals surface area contributed by atoms with Crippen LogP contribution in [0.1, 0.15) is 11.6 Å². The zero-order chi connectivity index (χ0) is 19.1. The van der Waals surface area contributed by atoms with Gasteiger partial charge in [-0.2, -0.15) is 0 Å². The van der Waals surface area contributed by atoms with Crippen LogP contribution in [0.5, 0.6) is 11.5 Å². The first-order valence-corrected chi connectivity index (χ1v) is 8.13. The van der Waals surface area contributed by atoms with Crippen molar-refractivity contribution in [2.24, 2.45) is 0 Å². The monoisotopic (exact) mass is 361 g/mol. The predicted octanol–water partition coefficient (Wildman–Crippen LogP) is 3.27. The number of carbonyl (C=O) groups is 1. The van der Waals surface area contributed by atoms with E-state index < -0.39 is 11.8 Å². The fraction of sp³-hybridized carbons (Fsp3) is 0.316. The molecule has 2 aromatic carbocycles. The van der Waals surface area contributed by atoms with E-state index in [-0.39, 0.29) is 11.8 Å². The van der Waals surface area contributed by atoms with Crippen molar-refractivity contribution in [1.82, 2.24) is 10.2 Å². The molecule has 26 heavy (non-hydrogen) atoms. The van der Waals surface area contributed by atoms with E-state index in [9.17, 15) is 9.18 Å². The number of urea groups is 1. The normalized spacial score (nSPS) is 11.8. The number of nitrogens with zero attached hydrogens (tertiary/aromatic N) is 1. The van der Waals surface area contributed by atoms with E-state index in [1.54, 1.807) is 13.2 Å². The Labute approximate surface area is 152 Å². The van der Waals surface area contributed by atoms with Crippen molar-refractivity contribution in [2.45, 2.75) is 6.04 Å². The van der Waals surface area contributed by atoms with Crippen molar-refractivity contribution in [3.05, 3.63) is 53.8 Å². The largest absolute Gasteiger partial charge is 0.497 e. The molecule has 2 N–H and O–H groups in total. The molecular weight excluding hydrogens is 337 g/mol. The summed E-state index contributed by atoms with van der Waals surface area (Å²) in [4.78, 5) is 14.1. The number of rotatable bonds is 7. The van der Waals surface area contributed by atoms with Gasteiger partial charge in [-0.3, -0.25) is 0 Å². The molecule has 7 heteroatoms. The van der Waals surface area contributed by atoms with Crippen LogP contribution in [0.15, 0.2) is 42.5 Å². The summed E-state index contributed by atoms with van der Waals surface area (Å²) < 4.78 is 23.8. The fourth-order valence-corrected chi connectivity index (χ4v) is 2.56. The van der Waals surface area contributed by atoms with Crippen LogP contribution in [0.4, 0.5) is 14.9 Å². The highest BCUT2D eigenvalue weighted by molar-refractivity contribution is 5.89. The summed E-state index contributed by atoms with van der Waals surface area (Å²) in [6.07, 6.45) is 0. The van der Waals surface area contributed by atoms with Gasteiger partial charge in [0.25, 0.3) is 0 Å². The van der Waals surface area contributed by atoms with Crippen molar-refractivity contribution >= 4 is 11.7 Å². The topological polar surface area (TPSA) is 62.8 Å². The Balaban J connectivity index is 2.00. The molecule has 0 bridgehead atoms. The highest BCUT2D eigenvalue weighted by Gasteiger charge is 2.16. The van der Waals surface area contributed by atoms with Gasteiger partial charge < -0.3 is 25.0 Å². The summed E-state index contributed by atoms with van der Waals surface area (Å²) in [5.74, 6) is 0.349. The lowest BCUT2D eigenvalue weighted by molar-refractivity contribution is 0.243. The molecule has 0 aromatic heterocycles. The molecule has 2 amide bonds. The van der Waals surface area contributed by atoms with Crippen molar-refractivity contribution in [1.29, 1.82) is 0 Å². The van der Waals surface area contributed by atoms with Crippen LogP contribution < -0.4 is 20.1 Å². The SMILES string of the molecule is COc1cccc(C(CNC(=O)Nc2ccc(OC)c(F)c2)N(C)C)c1. The molecular formula is C19H24FN3O3. The number of ether oxygens (including phenoxy) is 2. The fourth-order valence-electron chi connectivity index (χ4n) is 2.56. The first-order valence-electron chi connectivity index (χ1n) is 8.13. The molecule has 6 nitrogen and oxygen atoms in total. The van der Waals surface area contributed by atoms with Gasteiger partial charge in [0.15, 0.2) is 11.6 Å². The summed E-state index contributed by atoms with van der Waals surface area (Å²) >= 11 is 0. The van der Waals surface area contributed by atoms with E-state index in [1.165, 1.54) is 19.2 Å². The van der Waals surface area contributed by atoms with Crippen molar-refractivity contribution in [3.63, 3.8) is 0 Å². The van der Waals surface area contributed by atoms with Gasteiger partial charge >= 0.3 is 6.03 Å². The molecule has 140 valence electrons. The number of methoxy groups -OCH3 is 2. The van der Waals surface area contributed by atoms with Gasteiger partial charge in [-0.25, -0.2) is 9.18 Å². The second-order valence-electron chi connectivity index (χ2n) is 5.94. The molecule has 1 atom stereocenters. The van der Waals surface area contributed by atoms with Crippen LogP contribution in [0.2, 0.25) is 0 Å². The first kappa shape index (κ1) is 19.5.